The van der Waals surface area contributed by atoms with Crippen LogP contribution in [0, 0.1) is 6.92 Å². The largest absolute Gasteiger partial charge is 0.497 e. The molecule has 2 aromatic heterocycles. The van der Waals surface area contributed by atoms with Crippen LogP contribution in [0.2, 0.25) is 0 Å². The third kappa shape index (κ3) is 4.49. The van der Waals surface area contributed by atoms with Gasteiger partial charge < -0.3 is 9.47 Å². The average Bonchev–Trinajstić information content (AvgIpc) is 3.13. The number of methoxy groups -OCH3 is 1. The van der Waals surface area contributed by atoms with E-state index in [2.05, 4.69) is 42.2 Å². The van der Waals surface area contributed by atoms with Crippen LogP contribution in [-0.2, 0) is 17.8 Å². The molecule has 6 nitrogen and oxygen atoms in total. The lowest BCUT2D eigenvalue weighted by molar-refractivity contribution is -0.0350. The number of benzene rings is 1. The highest BCUT2D eigenvalue weighted by molar-refractivity contribution is 5.60. The van der Waals surface area contributed by atoms with E-state index in [-0.39, 0.29) is 6.10 Å². The second-order valence-electron chi connectivity index (χ2n) is 7.37. The van der Waals surface area contributed by atoms with E-state index < -0.39 is 0 Å². The summed E-state index contributed by atoms with van der Waals surface area (Å²) in [6, 6.07) is 14.1. The Balaban J connectivity index is 1.48. The van der Waals surface area contributed by atoms with Gasteiger partial charge in [-0.3, -0.25) is 14.6 Å². The zero-order valence-electron chi connectivity index (χ0n) is 17.3. The number of ether oxygens (including phenoxy) is 2. The molecule has 4 rings (SSSR count). The summed E-state index contributed by atoms with van der Waals surface area (Å²) in [6.45, 7) is 8.45. The standard InChI is InChI=1S/C23H28N4O2/c1-4-27-15-19(17(2)25-27)14-26-12-13-29-23(16-26)22-7-5-6-21(24-22)18-8-10-20(28-3)11-9-18/h5-11,15,23H,4,12-14,16H2,1-3H3/t23-/m1/s1. The lowest BCUT2D eigenvalue weighted by Gasteiger charge is -2.32. The van der Waals surface area contributed by atoms with Crippen LogP contribution in [0.25, 0.3) is 11.3 Å². The van der Waals surface area contributed by atoms with Gasteiger partial charge in [0.1, 0.15) is 11.9 Å². The molecule has 0 bridgehead atoms. The molecule has 6 heteroatoms. The highest BCUT2D eigenvalue weighted by Gasteiger charge is 2.24. The number of pyridine rings is 1. The summed E-state index contributed by atoms with van der Waals surface area (Å²) in [5, 5.41) is 4.57. The summed E-state index contributed by atoms with van der Waals surface area (Å²) in [6.07, 6.45) is 2.13. The van der Waals surface area contributed by atoms with Crippen LogP contribution < -0.4 is 4.74 Å². The number of hydrogen-bond acceptors (Lipinski definition) is 5. The minimum absolute atomic E-state index is 0.0246. The van der Waals surface area contributed by atoms with E-state index in [4.69, 9.17) is 14.5 Å². The Morgan fingerprint density at radius 2 is 2.00 bits per heavy atom. The first kappa shape index (κ1) is 19.6. The highest BCUT2D eigenvalue weighted by Crippen LogP contribution is 2.26. The van der Waals surface area contributed by atoms with E-state index in [1.165, 1.54) is 5.56 Å². The fraction of sp³-hybridized carbons (Fsp3) is 0.391. The SMILES string of the molecule is CCn1cc(CN2CCO[C@@H](c3cccc(-c4ccc(OC)cc4)n3)C2)c(C)n1. The fourth-order valence-corrected chi connectivity index (χ4v) is 3.70. The molecule has 0 spiro atoms. The molecule has 0 radical (unpaired) electrons. The Bertz CT molecular complexity index is 952. The van der Waals surface area contributed by atoms with Crippen molar-refractivity contribution in [2.75, 3.05) is 26.8 Å². The van der Waals surface area contributed by atoms with Gasteiger partial charge in [-0.25, -0.2) is 0 Å². The maximum Gasteiger partial charge on any atom is 0.118 e. The molecule has 0 N–H and O–H groups in total. The topological polar surface area (TPSA) is 52.4 Å². The minimum atomic E-state index is -0.0246. The van der Waals surface area contributed by atoms with Crippen LogP contribution in [0.3, 0.4) is 0 Å². The molecule has 152 valence electrons. The molecule has 0 unspecified atom stereocenters. The van der Waals surface area contributed by atoms with Gasteiger partial charge in [0.2, 0.25) is 0 Å². The van der Waals surface area contributed by atoms with Crippen molar-refractivity contribution in [1.82, 2.24) is 19.7 Å². The molecule has 1 aliphatic heterocycles. The Morgan fingerprint density at radius 1 is 1.17 bits per heavy atom. The molecule has 0 amide bonds. The average molecular weight is 393 g/mol. The molecule has 1 atom stereocenters. The number of aromatic nitrogens is 3. The quantitative estimate of drug-likeness (QED) is 0.638. The van der Waals surface area contributed by atoms with Gasteiger partial charge in [0.15, 0.2) is 0 Å². The van der Waals surface area contributed by atoms with Crippen LogP contribution in [0.15, 0.2) is 48.7 Å². The minimum Gasteiger partial charge on any atom is -0.497 e. The van der Waals surface area contributed by atoms with Crippen molar-refractivity contribution in [3.8, 4) is 17.0 Å². The van der Waals surface area contributed by atoms with E-state index in [0.717, 1.165) is 54.6 Å². The van der Waals surface area contributed by atoms with Gasteiger partial charge in [-0.2, -0.15) is 5.10 Å². The van der Waals surface area contributed by atoms with Gasteiger partial charge in [0.05, 0.1) is 30.8 Å². The summed E-state index contributed by atoms with van der Waals surface area (Å²) in [7, 11) is 1.68. The number of aryl methyl sites for hydroxylation is 2. The first-order valence-electron chi connectivity index (χ1n) is 10.1. The third-order valence-corrected chi connectivity index (χ3v) is 5.40. The molecule has 1 aliphatic rings. The lowest BCUT2D eigenvalue weighted by Crippen LogP contribution is -2.38. The summed E-state index contributed by atoms with van der Waals surface area (Å²) in [4.78, 5) is 7.32. The van der Waals surface area contributed by atoms with Crippen molar-refractivity contribution in [2.24, 2.45) is 0 Å². The van der Waals surface area contributed by atoms with Crippen LogP contribution >= 0.6 is 0 Å². The molecule has 0 saturated carbocycles. The smallest absolute Gasteiger partial charge is 0.118 e. The van der Waals surface area contributed by atoms with Crippen LogP contribution in [0.4, 0.5) is 0 Å². The Hall–Kier alpha value is -2.70. The molecule has 29 heavy (non-hydrogen) atoms. The van der Waals surface area contributed by atoms with Gasteiger partial charge in [-0.05, 0) is 50.2 Å². The monoisotopic (exact) mass is 392 g/mol. The van der Waals surface area contributed by atoms with Gasteiger partial charge >= 0.3 is 0 Å². The van der Waals surface area contributed by atoms with Gasteiger partial charge in [-0.15, -0.1) is 0 Å². The summed E-state index contributed by atoms with van der Waals surface area (Å²) in [5.74, 6) is 0.845. The van der Waals surface area contributed by atoms with Gasteiger partial charge in [-0.1, -0.05) is 6.07 Å². The fourth-order valence-electron chi connectivity index (χ4n) is 3.70. The van der Waals surface area contributed by atoms with Crippen molar-refractivity contribution in [2.45, 2.75) is 33.0 Å². The van der Waals surface area contributed by atoms with Crippen molar-refractivity contribution in [3.05, 3.63) is 65.6 Å². The van der Waals surface area contributed by atoms with Crippen LogP contribution in [0.5, 0.6) is 5.75 Å². The molecule has 1 fully saturated rings. The normalized spacial score (nSPS) is 17.4. The molecular weight excluding hydrogens is 364 g/mol. The molecule has 3 aromatic rings. The Labute approximate surface area is 172 Å². The first-order chi connectivity index (χ1) is 14.2. The van der Waals surface area contributed by atoms with Gasteiger partial charge in [0, 0.05) is 43.5 Å². The molecule has 1 aromatic carbocycles. The van der Waals surface area contributed by atoms with Crippen molar-refractivity contribution in [1.29, 1.82) is 0 Å². The van der Waals surface area contributed by atoms with Crippen molar-refractivity contribution in [3.63, 3.8) is 0 Å². The van der Waals surface area contributed by atoms with E-state index in [1.807, 2.05) is 35.0 Å². The lowest BCUT2D eigenvalue weighted by atomic mass is 10.1. The summed E-state index contributed by atoms with van der Waals surface area (Å²) >= 11 is 0. The van der Waals surface area contributed by atoms with E-state index in [1.54, 1.807) is 7.11 Å². The zero-order valence-corrected chi connectivity index (χ0v) is 17.3. The predicted octanol–water partition coefficient (Wildman–Crippen LogP) is 3.86. The molecule has 0 aliphatic carbocycles. The van der Waals surface area contributed by atoms with E-state index in [0.29, 0.717) is 6.61 Å². The summed E-state index contributed by atoms with van der Waals surface area (Å²) < 4.78 is 13.3. The highest BCUT2D eigenvalue weighted by atomic mass is 16.5. The van der Waals surface area contributed by atoms with Crippen molar-refractivity contribution >= 4 is 0 Å². The predicted molar refractivity (Wildman–Crippen MR) is 113 cm³/mol. The van der Waals surface area contributed by atoms with Crippen LogP contribution in [0.1, 0.15) is 30.0 Å². The van der Waals surface area contributed by atoms with E-state index >= 15 is 0 Å². The number of hydrogen-bond donors (Lipinski definition) is 0. The zero-order chi connectivity index (χ0) is 20.2. The molecule has 3 heterocycles. The Kier molecular flexibility index (Phi) is 5.92. The third-order valence-electron chi connectivity index (χ3n) is 5.40. The second-order valence-corrected chi connectivity index (χ2v) is 7.37. The second kappa shape index (κ2) is 8.76. The molecular formula is C23H28N4O2. The van der Waals surface area contributed by atoms with Crippen LogP contribution in [-0.4, -0.2) is 46.5 Å². The first-order valence-corrected chi connectivity index (χ1v) is 10.1. The van der Waals surface area contributed by atoms with Gasteiger partial charge in [0.25, 0.3) is 0 Å². The Morgan fingerprint density at radius 3 is 2.72 bits per heavy atom. The number of rotatable bonds is 6. The van der Waals surface area contributed by atoms with E-state index in [9.17, 15) is 0 Å². The maximum absolute atomic E-state index is 6.07. The maximum atomic E-state index is 6.07. The van der Waals surface area contributed by atoms with Crippen molar-refractivity contribution < 1.29 is 9.47 Å². The number of nitrogens with zero attached hydrogens (tertiary/aromatic N) is 4. The molecule has 1 saturated heterocycles. The number of morpholine rings is 1. The summed E-state index contributed by atoms with van der Waals surface area (Å²) in [5.41, 5.74) is 5.39.